The number of aliphatic hydroxyl groups is 1. The van der Waals surface area contributed by atoms with E-state index in [0.717, 1.165) is 34.0 Å². The summed E-state index contributed by atoms with van der Waals surface area (Å²) >= 11 is 0. The van der Waals surface area contributed by atoms with Gasteiger partial charge in [-0.15, -0.1) is 0 Å². The van der Waals surface area contributed by atoms with Crippen LogP contribution in [0.4, 0.5) is 0 Å². The normalized spacial score (nSPS) is 16.3. The van der Waals surface area contributed by atoms with Gasteiger partial charge >= 0.3 is 0 Å². The van der Waals surface area contributed by atoms with Crippen LogP contribution in [0.15, 0.2) is 85.1 Å². The minimum absolute atomic E-state index is 0.351. The Hall–Kier alpha value is -3.21. The predicted octanol–water partition coefficient (Wildman–Crippen LogP) is 6.09. The maximum atomic E-state index is 13.0. The summed E-state index contributed by atoms with van der Waals surface area (Å²) in [5.74, 6) is 0.776. The van der Waals surface area contributed by atoms with Gasteiger partial charge in [-0.2, -0.15) is 0 Å². The van der Waals surface area contributed by atoms with Gasteiger partial charge in [0.1, 0.15) is 5.60 Å². The van der Waals surface area contributed by atoms with E-state index < -0.39 is 5.60 Å². The van der Waals surface area contributed by atoms with E-state index in [2.05, 4.69) is 67.5 Å². The molecule has 1 aromatic heterocycles. The predicted molar refractivity (Wildman–Crippen MR) is 142 cm³/mol. The highest BCUT2D eigenvalue weighted by atomic mass is 16.5. The number of pyridine rings is 1. The Kier molecular flexibility index (Phi) is 6.59. The van der Waals surface area contributed by atoms with Crippen molar-refractivity contribution in [2.75, 3.05) is 27.7 Å². The lowest BCUT2D eigenvalue weighted by Gasteiger charge is -2.39. The summed E-state index contributed by atoms with van der Waals surface area (Å²) in [5, 5.41) is 15.1. The molecule has 1 N–H and O–H groups in total. The third-order valence-electron chi connectivity index (χ3n) is 7.26. The molecular formula is C31H34N2O2. The number of hydrogen-bond donors (Lipinski definition) is 1. The van der Waals surface area contributed by atoms with Crippen molar-refractivity contribution in [3.8, 4) is 5.88 Å². The van der Waals surface area contributed by atoms with Gasteiger partial charge < -0.3 is 14.7 Å². The van der Waals surface area contributed by atoms with Crippen molar-refractivity contribution in [1.29, 1.82) is 0 Å². The maximum Gasteiger partial charge on any atom is 0.216 e. The van der Waals surface area contributed by atoms with Gasteiger partial charge in [-0.1, -0.05) is 72.8 Å². The molecule has 2 unspecified atom stereocenters. The monoisotopic (exact) mass is 466 g/mol. The number of ether oxygens (including phenoxy) is 1. The second-order valence-electron chi connectivity index (χ2n) is 9.99. The molecule has 1 fully saturated rings. The third-order valence-corrected chi connectivity index (χ3v) is 7.26. The Bertz CT molecular complexity index is 1290. The highest BCUT2D eigenvalue weighted by Gasteiger charge is 2.43. The molecule has 0 spiro atoms. The zero-order valence-electron chi connectivity index (χ0n) is 20.8. The summed E-state index contributed by atoms with van der Waals surface area (Å²) in [7, 11) is 5.77. The van der Waals surface area contributed by atoms with Crippen LogP contribution in [0.1, 0.15) is 53.4 Å². The first kappa shape index (κ1) is 23.5. The van der Waals surface area contributed by atoms with Crippen LogP contribution >= 0.6 is 0 Å². The number of methoxy groups -OCH3 is 1. The van der Waals surface area contributed by atoms with E-state index in [9.17, 15) is 5.11 Å². The van der Waals surface area contributed by atoms with Gasteiger partial charge in [-0.25, -0.2) is 4.98 Å². The summed E-state index contributed by atoms with van der Waals surface area (Å²) in [5.41, 5.74) is 2.97. The molecule has 1 heterocycles. The number of nitrogens with zero attached hydrogens (tertiary/aromatic N) is 2. The smallest absolute Gasteiger partial charge is 0.216 e. The first-order chi connectivity index (χ1) is 17.0. The van der Waals surface area contributed by atoms with Gasteiger partial charge in [0.05, 0.1) is 7.11 Å². The summed E-state index contributed by atoms with van der Waals surface area (Å²) in [6.07, 6.45) is 4.89. The van der Waals surface area contributed by atoms with Gasteiger partial charge in [0.25, 0.3) is 0 Å². The largest absolute Gasteiger partial charge is 0.481 e. The molecule has 1 aliphatic rings. The first-order valence-electron chi connectivity index (χ1n) is 12.5. The second-order valence-corrected chi connectivity index (χ2v) is 9.99. The lowest BCUT2D eigenvalue weighted by atomic mass is 9.70. The molecule has 4 nitrogen and oxygen atoms in total. The van der Waals surface area contributed by atoms with E-state index in [1.165, 1.54) is 18.4 Å². The lowest BCUT2D eigenvalue weighted by molar-refractivity contribution is 0.00513. The van der Waals surface area contributed by atoms with Gasteiger partial charge in [0, 0.05) is 24.2 Å². The molecule has 0 amide bonds. The van der Waals surface area contributed by atoms with Crippen LogP contribution in [-0.4, -0.2) is 42.7 Å². The lowest BCUT2D eigenvalue weighted by Crippen LogP contribution is -2.38. The fraction of sp³-hybridized carbons (Fsp3) is 0.323. The van der Waals surface area contributed by atoms with E-state index in [1.54, 1.807) is 7.11 Å². The fourth-order valence-corrected chi connectivity index (χ4v) is 5.29. The van der Waals surface area contributed by atoms with Crippen molar-refractivity contribution in [1.82, 2.24) is 9.88 Å². The Morgan fingerprint density at radius 2 is 1.71 bits per heavy atom. The fourth-order valence-electron chi connectivity index (χ4n) is 5.29. The van der Waals surface area contributed by atoms with Gasteiger partial charge in [0.15, 0.2) is 0 Å². The zero-order chi connectivity index (χ0) is 24.4. The van der Waals surface area contributed by atoms with Crippen molar-refractivity contribution < 1.29 is 9.84 Å². The van der Waals surface area contributed by atoms with E-state index in [-0.39, 0.29) is 5.92 Å². The molecule has 4 heteroatoms. The zero-order valence-corrected chi connectivity index (χ0v) is 20.8. The molecule has 0 bridgehead atoms. The molecule has 1 aliphatic carbocycles. The van der Waals surface area contributed by atoms with Gasteiger partial charge in [-0.05, 0) is 72.8 Å². The average molecular weight is 467 g/mol. The summed E-state index contributed by atoms with van der Waals surface area (Å²) < 4.78 is 5.81. The van der Waals surface area contributed by atoms with E-state index in [0.29, 0.717) is 18.2 Å². The van der Waals surface area contributed by atoms with Crippen molar-refractivity contribution in [3.63, 3.8) is 0 Å². The van der Waals surface area contributed by atoms with Crippen LogP contribution < -0.4 is 4.74 Å². The molecule has 180 valence electrons. The minimum Gasteiger partial charge on any atom is -0.481 e. The quantitative estimate of drug-likeness (QED) is 0.324. The van der Waals surface area contributed by atoms with Crippen molar-refractivity contribution in [3.05, 3.63) is 107 Å². The molecule has 2 atom stereocenters. The number of fused-ring (bicyclic) bond motifs is 1. The van der Waals surface area contributed by atoms with E-state index in [1.807, 2.05) is 36.5 Å². The SMILES string of the molecule is COc1ncc(C2CC2)cc1C(c1ccccc1)C(O)(CCN(C)C)c1cccc2ccccc12. The van der Waals surface area contributed by atoms with Crippen LogP contribution in [0.25, 0.3) is 10.8 Å². The van der Waals surface area contributed by atoms with Gasteiger partial charge in [0.2, 0.25) is 5.88 Å². The van der Waals surface area contributed by atoms with Crippen LogP contribution in [0.5, 0.6) is 5.88 Å². The molecule has 0 aliphatic heterocycles. The molecular weight excluding hydrogens is 432 g/mol. The molecule has 0 saturated heterocycles. The Balaban J connectivity index is 1.79. The first-order valence-corrected chi connectivity index (χ1v) is 12.5. The molecule has 3 aromatic carbocycles. The summed E-state index contributed by atoms with van der Waals surface area (Å²) in [6.45, 7) is 0.737. The number of aromatic nitrogens is 1. The number of rotatable bonds is 9. The second kappa shape index (κ2) is 9.80. The number of benzene rings is 3. The molecule has 1 saturated carbocycles. The van der Waals surface area contributed by atoms with Crippen LogP contribution in [0.3, 0.4) is 0 Å². The molecule has 5 rings (SSSR count). The summed E-state index contributed by atoms with van der Waals surface area (Å²) in [4.78, 5) is 6.86. The Morgan fingerprint density at radius 3 is 2.43 bits per heavy atom. The standard InChI is InChI=1S/C31H34N2O2/c1-33(2)19-18-31(34,28-15-9-13-23-10-7-8-14-26(23)28)29(24-11-5-4-6-12-24)27-20-25(22-16-17-22)21-32-30(27)35-3/h4-15,20-22,29,34H,16-19H2,1-3H3. The van der Waals surface area contributed by atoms with Crippen LogP contribution in [0, 0.1) is 0 Å². The highest BCUT2D eigenvalue weighted by Crippen LogP contribution is 2.50. The third kappa shape index (κ3) is 4.69. The van der Waals surface area contributed by atoms with Crippen molar-refractivity contribution in [2.45, 2.75) is 36.7 Å². The highest BCUT2D eigenvalue weighted by molar-refractivity contribution is 5.86. The molecule has 35 heavy (non-hydrogen) atoms. The van der Waals surface area contributed by atoms with Gasteiger partial charge in [-0.3, -0.25) is 0 Å². The average Bonchev–Trinajstić information content (AvgIpc) is 3.74. The molecule has 4 aromatic rings. The topological polar surface area (TPSA) is 45.6 Å². The minimum atomic E-state index is -1.19. The van der Waals surface area contributed by atoms with Crippen LogP contribution in [0.2, 0.25) is 0 Å². The summed E-state index contributed by atoms with van der Waals surface area (Å²) in [6, 6.07) is 27.1. The van der Waals surface area contributed by atoms with E-state index in [4.69, 9.17) is 9.72 Å². The maximum absolute atomic E-state index is 13.0. The van der Waals surface area contributed by atoms with E-state index >= 15 is 0 Å². The van der Waals surface area contributed by atoms with Crippen molar-refractivity contribution in [2.24, 2.45) is 0 Å². The number of hydrogen-bond acceptors (Lipinski definition) is 4. The van der Waals surface area contributed by atoms with Crippen LogP contribution in [-0.2, 0) is 5.60 Å². The molecule has 0 radical (unpaired) electrons. The Morgan fingerprint density at radius 1 is 1.00 bits per heavy atom. The Labute approximate surface area is 208 Å². The van der Waals surface area contributed by atoms with Crippen molar-refractivity contribution >= 4 is 10.8 Å².